The topological polar surface area (TPSA) is 49.6 Å². The highest BCUT2D eigenvalue weighted by Gasteiger charge is 2.26. The van der Waals surface area contributed by atoms with Crippen molar-refractivity contribution in [1.29, 1.82) is 0 Å². The minimum Gasteiger partial charge on any atom is -0.368 e. The minimum atomic E-state index is -0.377. The SMILES string of the molecule is Cc1cn2cc(-c3ncc4cc(N5C[C@H](C)N(C)[C@@H](C)C5)ccc4n3)cc(F)c2n1. The van der Waals surface area contributed by atoms with Gasteiger partial charge in [0, 0.05) is 60.4 Å². The van der Waals surface area contributed by atoms with Gasteiger partial charge in [-0.3, -0.25) is 4.90 Å². The summed E-state index contributed by atoms with van der Waals surface area (Å²) in [5.74, 6) is 0.127. The number of nitrogens with zero attached hydrogens (tertiary/aromatic N) is 6. The van der Waals surface area contributed by atoms with E-state index in [0.717, 1.165) is 29.7 Å². The normalized spacial score (nSPS) is 20.4. The van der Waals surface area contributed by atoms with E-state index in [0.29, 0.717) is 29.1 Å². The van der Waals surface area contributed by atoms with Crippen molar-refractivity contribution >= 4 is 22.2 Å². The third-order valence-corrected chi connectivity index (χ3v) is 6.17. The summed E-state index contributed by atoms with van der Waals surface area (Å²) < 4.78 is 16.1. The number of hydrogen-bond donors (Lipinski definition) is 0. The Kier molecular flexibility index (Phi) is 4.43. The monoisotopic (exact) mass is 404 g/mol. The number of piperazine rings is 1. The molecule has 0 N–H and O–H groups in total. The number of pyridine rings is 1. The van der Waals surface area contributed by atoms with Gasteiger partial charge in [0.2, 0.25) is 0 Å². The van der Waals surface area contributed by atoms with Crippen LogP contribution in [0.4, 0.5) is 10.1 Å². The Balaban J connectivity index is 1.49. The second-order valence-corrected chi connectivity index (χ2v) is 8.40. The third kappa shape index (κ3) is 3.19. The van der Waals surface area contributed by atoms with Gasteiger partial charge in [-0.2, -0.15) is 0 Å². The molecule has 2 atom stereocenters. The van der Waals surface area contributed by atoms with Gasteiger partial charge in [-0.25, -0.2) is 19.3 Å². The Labute approximate surface area is 175 Å². The molecule has 154 valence electrons. The highest BCUT2D eigenvalue weighted by atomic mass is 19.1. The molecule has 1 fully saturated rings. The van der Waals surface area contributed by atoms with Crippen molar-refractivity contribution in [3.8, 4) is 11.4 Å². The summed E-state index contributed by atoms with van der Waals surface area (Å²) in [6.45, 7) is 8.36. The van der Waals surface area contributed by atoms with Gasteiger partial charge in [-0.15, -0.1) is 0 Å². The van der Waals surface area contributed by atoms with Crippen LogP contribution in [0.3, 0.4) is 0 Å². The molecule has 0 aliphatic carbocycles. The fraction of sp³-hybridized carbons (Fsp3) is 0.348. The minimum absolute atomic E-state index is 0.317. The zero-order valence-electron chi connectivity index (χ0n) is 17.7. The predicted molar refractivity (Wildman–Crippen MR) is 117 cm³/mol. The summed E-state index contributed by atoms with van der Waals surface area (Å²) in [5.41, 5.74) is 3.75. The van der Waals surface area contributed by atoms with E-state index < -0.39 is 0 Å². The molecule has 0 radical (unpaired) electrons. The second kappa shape index (κ2) is 7.02. The molecule has 1 aliphatic heterocycles. The Morgan fingerprint density at radius 2 is 1.80 bits per heavy atom. The van der Waals surface area contributed by atoms with Crippen molar-refractivity contribution in [2.75, 3.05) is 25.0 Å². The summed E-state index contributed by atoms with van der Waals surface area (Å²) in [5, 5.41) is 0.982. The lowest BCUT2D eigenvalue weighted by atomic mass is 10.1. The van der Waals surface area contributed by atoms with Gasteiger partial charge in [0.1, 0.15) is 0 Å². The Morgan fingerprint density at radius 3 is 2.57 bits per heavy atom. The van der Waals surface area contributed by atoms with E-state index in [1.807, 2.05) is 25.4 Å². The van der Waals surface area contributed by atoms with Gasteiger partial charge in [-0.05, 0) is 52.1 Å². The van der Waals surface area contributed by atoms with Gasteiger partial charge in [0.05, 0.1) is 11.2 Å². The van der Waals surface area contributed by atoms with E-state index in [2.05, 4.69) is 52.8 Å². The maximum absolute atomic E-state index is 14.5. The van der Waals surface area contributed by atoms with E-state index in [4.69, 9.17) is 4.98 Å². The Hall–Kier alpha value is -3.06. The van der Waals surface area contributed by atoms with E-state index in [9.17, 15) is 4.39 Å². The first kappa shape index (κ1) is 18.9. The molecule has 0 spiro atoms. The first-order chi connectivity index (χ1) is 14.4. The summed E-state index contributed by atoms with van der Waals surface area (Å²) in [6, 6.07) is 8.74. The van der Waals surface area contributed by atoms with Crippen molar-refractivity contribution in [2.24, 2.45) is 0 Å². The summed E-state index contributed by atoms with van der Waals surface area (Å²) >= 11 is 0. The molecular formula is C23H25FN6. The van der Waals surface area contributed by atoms with Crippen LogP contribution in [-0.4, -0.2) is 56.5 Å². The lowest BCUT2D eigenvalue weighted by Crippen LogP contribution is -2.55. The van der Waals surface area contributed by atoms with Crippen LogP contribution in [0.25, 0.3) is 27.9 Å². The molecule has 3 aromatic heterocycles. The van der Waals surface area contributed by atoms with Crippen LogP contribution >= 0.6 is 0 Å². The van der Waals surface area contributed by atoms with Gasteiger partial charge in [-0.1, -0.05) is 0 Å². The number of halogens is 1. The summed E-state index contributed by atoms with van der Waals surface area (Å²) in [7, 11) is 2.19. The van der Waals surface area contributed by atoms with Crippen molar-refractivity contribution in [2.45, 2.75) is 32.9 Å². The number of imidazole rings is 1. The van der Waals surface area contributed by atoms with Crippen molar-refractivity contribution in [1.82, 2.24) is 24.3 Å². The van der Waals surface area contributed by atoms with Gasteiger partial charge in [0.15, 0.2) is 17.3 Å². The quantitative estimate of drug-likeness (QED) is 0.507. The maximum Gasteiger partial charge on any atom is 0.173 e. The maximum atomic E-state index is 14.5. The second-order valence-electron chi connectivity index (χ2n) is 8.40. The molecule has 6 nitrogen and oxygen atoms in total. The smallest absolute Gasteiger partial charge is 0.173 e. The van der Waals surface area contributed by atoms with E-state index >= 15 is 0 Å². The molecule has 1 saturated heterocycles. The summed E-state index contributed by atoms with van der Waals surface area (Å²) in [6.07, 6.45) is 5.44. The number of rotatable bonds is 2. The first-order valence-corrected chi connectivity index (χ1v) is 10.3. The average molecular weight is 404 g/mol. The Bertz CT molecular complexity index is 1240. The molecule has 0 saturated carbocycles. The molecule has 0 bridgehead atoms. The Morgan fingerprint density at radius 1 is 1.03 bits per heavy atom. The number of anilines is 1. The number of benzene rings is 1. The van der Waals surface area contributed by atoms with Crippen LogP contribution in [0.1, 0.15) is 19.5 Å². The van der Waals surface area contributed by atoms with Gasteiger partial charge >= 0.3 is 0 Å². The average Bonchev–Trinajstić information content (AvgIpc) is 3.11. The standard InChI is InChI=1S/C23H25FN6/c1-14-10-30-13-18(8-20(24)23(30)26-14)22-25-9-17-7-19(5-6-21(17)27-22)29-11-15(2)28(4)16(3)12-29/h5-10,13,15-16H,11-12H2,1-4H3/t15-,16-/m0/s1. The van der Waals surface area contributed by atoms with Crippen LogP contribution in [0, 0.1) is 12.7 Å². The number of aromatic nitrogens is 4. The fourth-order valence-corrected chi connectivity index (χ4v) is 4.27. The highest BCUT2D eigenvalue weighted by Crippen LogP contribution is 2.27. The van der Waals surface area contributed by atoms with E-state index in [-0.39, 0.29) is 5.82 Å². The summed E-state index contributed by atoms with van der Waals surface area (Å²) in [4.78, 5) is 18.3. The molecule has 7 heteroatoms. The number of fused-ring (bicyclic) bond motifs is 2. The molecule has 30 heavy (non-hydrogen) atoms. The number of hydrogen-bond acceptors (Lipinski definition) is 5. The van der Waals surface area contributed by atoms with E-state index in [1.165, 1.54) is 11.8 Å². The van der Waals surface area contributed by atoms with Crippen LogP contribution < -0.4 is 4.90 Å². The molecular weight excluding hydrogens is 379 g/mol. The molecule has 4 aromatic rings. The largest absolute Gasteiger partial charge is 0.368 e. The van der Waals surface area contributed by atoms with Crippen molar-refractivity contribution in [3.05, 3.63) is 54.4 Å². The van der Waals surface area contributed by atoms with Crippen LogP contribution in [-0.2, 0) is 0 Å². The number of likely N-dealkylation sites (N-methyl/N-ethyl adjacent to an activating group) is 1. The third-order valence-electron chi connectivity index (χ3n) is 6.17. The predicted octanol–water partition coefficient (Wildman–Crippen LogP) is 3.92. The van der Waals surface area contributed by atoms with Crippen molar-refractivity contribution in [3.63, 3.8) is 0 Å². The molecule has 4 heterocycles. The first-order valence-electron chi connectivity index (χ1n) is 10.3. The molecule has 1 aromatic carbocycles. The van der Waals surface area contributed by atoms with Crippen molar-refractivity contribution < 1.29 is 4.39 Å². The molecule has 0 unspecified atom stereocenters. The zero-order chi connectivity index (χ0) is 21.0. The molecule has 5 rings (SSSR count). The highest BCUT2D eigenvalue weighted by molar-refractivity contribution is 5.83. The van der Waals surface area contributed by atoms with Gasteiger partial charge in [0.25, 0.3) is 0 Å². The van der Waals surface area contributed by atoms with Crippen LogP contribution in [0.15, 0.2) is 42.9 Å². The van der Waals surface area contributed by atoms with Gasteiger partial charge < -0.3 is 9.30 Å². The molecule has 0 amide bonds. The zero-order valence-corrected chi connectivity index (χ0v) is 17.7. The lowest BCUT2D eigenvalue weighted by molar-refractivity contribution is 0.170. The fourth-order valence-electron chi connectivity index (χ4n) is 4.27. The van der Waals surface area contributed by atoms with Crippen LogP contribution in [0.2, 0.25) is 0 Å². The van der Waals surface area contributed by atoms with Crippen LogP contribution in [0.5, 0.6) is 0 Å². The number of aryl methyl sites for hydroxylation is 1. The lowest BCUT2D eigenvalue weighted by Gasteiger charge is -2.43. The van der Waals surface area contributed by atoms with E-state index in [1.54, 1.807) is 10.6 Å². The molecule has 1 aliphatic rings.